The molecule has 1 saturated heterocycles. The monoisotopic (exact) mass is 293 g/mol. The van der Waals surface area contributed by atoms with E-state index in [1.54, 1.807) is 7.11 Å². The van der Waals surface area contributed by atoms with Crippen LogP contribution in [-0.2, 0) is 16.8 Å². The van der Waals surface area contributed by atoms with Crippen molar-refractivity contribution in [2.45, 2.75) is 63.4 Å². The van der Waals surface area contributed by atoms with Crippen molar-refractivity contribution in [2.75, 3.05) is 20.2 Å². The second-order valence-electron chi connectivity index (χ2n) is 6.50. The smallest absolute Gasteiger partial charge is 0.226 e. The van der Waals surface area contributed by atoms with Gasteiger partial charge in [0, 0.05) is 13.5 Å². The predicted octanol–water partition coefficient (Wildman–Crippen LogP) is 2.81. The molecule has 5 nitrogen and oxygen atoms in total. The van der Waals surface area contributed by atoms with Crippen molar-refractivity contribution in [2.24, 2.45) is 5.92 Å². The number of rotatable bonds is 5. The Labute approximate surface area is 126 Å². The summed E-state index contributed by atoms with van der Waals surface area (Å²) < 4.78 is 11.3. The van der Waals surface area contributed by atoms with E-state index in [2.05, 4.69) is 15.5 Å². The molecule has 2 aliphatic rings. The number of nitrogens with one attached hydrogen (secondary N) is 1. The molecule has 118 valence electrons. The molecule has 1 aromatic rings. The maximum atomic E-state index is 5.78. The first kappa shape index (κ1) is 15.0. The Hall–Kier alpha value is -0.940. The molecule has 0 amide bonds. The number of nitrogens with zero attached hydrogens (tertiary/aromatic N) is 2. The molecule has 0 radical (unpaired) electrons. The van der Waals surface area contributed by atoms with Gasteiger partial charge in [0.1, 0.15) is 5.60 Å². The molecular weight excluding hydrogens is 266 g/mol. The van der Waals surface area contributed by atoms with Crippen molar-refractivity contribution in [1.82, 2.24) is 15.5 Å². The Morgan fingerprint density at radius 1 is 1.24 bits per heavy atom. The summed E-state index contributed by atoms with van der Waals surface area (Å²) in [6, 6.07) is 0. The molecule has 2 heterocycles. The molecule has 3 rings (SSSR count). The van der Waals surface area contributed by atoms with Crippen molar-refractivity contribution < 1.29 is 9.26 Å². The van der Waals surface area contributed by atoms with E-state index in [1.165, 1.54) is 32.1 Å². The first-order chi connectivity index (χ1) is 10.3. The van der Waals surface area contributed by atoms with E-state index in [9.17, 15) is 0 Å². The Balaban J connectivity index is 1.59. The third-order valence-electron chi connectivity index (χ3n) is 5.15. The summed E-state index contributed by atoms with van der Waals surface area (Å²) in [6.07, 6.45) is 10.3. The maximum Gasteiger partial charge on any atom is 0.226 e. The second-order valence-corrected chi connectivity index (χ2v) is 6.50. The molecule has 1 aliphatic heterocycles. The van der Waals surface area contributed by atoms with E-state index in [0.717, 1.165) is 56.4 Å². The molecule has 0 spiro atoms. The number of ether oxygens (including phenoxy) is 1. The van der Waals surface area contributed by atoms with Gasteiger partial charge in [-0.2, -0.15) is 4.98 Å². The van der Waals surface area contributed by atoms with Gasteiger partial charge >= 0.3 is 0 Å². The SMILES string of the molecule is COC1(c2noc(CCC3CCNCC3)n2)CCCCC1. The summed E-state index contributed by atoms with van der Waals surface area (Å²) in [6.45, 7) is 2.29. The van der Waals surface area contributed by atoms with Crippen molar-refractivity contribution in [1.29, 1.82) is 0 Å². The van der Waals surface area contributed by atoms with Crippen LogP contribution in [0.5, 0.6) is 0 Å². The summed E-state index contributed by atoms with van der Waals surface area (Å²) in [5, 5.41) is 7.63. The van der Waals surface area contributed by atoms with Gasteiger partial charge in [0.05, 0.1) is 0 Å². The fourth-order valence-corrected chi connectivity index (χ4v) is 3.68. The Bertz CT molecular complexity index is 434. The highest BCUT2D eigenvalue weighted by atomic mass is 16.5. The molecule has 1 N–H and O–H groups in total. The van der Waals surface area contributed by atoms with Crippen molar-refractivity contribution in [3.63, 3.8) is 0 Å². The highest BCUT2D eigenvalue weighted by molar-refractivity contribution is 5.03. The molecule has 5 heteroatoms. The van der Waals surface area contributed by atoms with E-state index in [4.69, 9.17) is 9.26 Å². The van der Waals surface area contributed by atoms with Gasteiger partial charge in [0.15, 0.2) is 0 Å². The van der Waals surface area contributed by atoms with Crippen molar-refractivity contribution >= 4 is 0 Å². The Morgan fingerprint density at radius 2 is 2.00 bits per heavy atom. The van der Waals surface area contributed by atoms with Gasteiger partial charge in [0.2, 0.25) is 11.7 Å². The van der Waals surface area contributed by atoms with Crippen LogP contribution in [0.3, 0.4) is 0 Å². The van der Waals surface area contributed by atoms with Crippen LogP contribution >= 0.6 is 0 Å². The standard InChI is InChI=1S/C16H27N3O2/c1-20-16(9-3-2-4-10-16)15-18-14(21-19-15)6-5-13-7-11-17-12-8-13/h13,17H,2-12H2,1H3. The highest BCUT2D eigenvalue weighted by Gasteiger charge is 2.38. The van der Waals surface area contributed by atoms with Gasteiger partial charge in [0.25, 0.3) is 0 Å². The zero-order valence-corrected chi connectivity index (χ0v) is 13.1. The summed E-state index contributed by atoms with van der Waals surface area (Å²) in [7, 11) is 1.77. The average Bonchev–Trinajstić information content (AvgIpc) is 3.04. The second kappa shape index (κ2) is 6.88. The number of aromatic nitrogens is 2. The van der Waals surface area contributed by atoms with Crippen LogP contribution in [-0.4, -0.2) is 30.3 Å². The molecule has 1 aliphatic carbocycles. The van der Waals surface area contributed by atoms with E-state index < -0.39 is 0 Å². The lowest BCUT2D eigenvalue weighted by atomic mass is 9.84. The molecule has 0 bridgehead atoms. The number of hydrogen-bond acceptors (Lipinski definition) is 5. The van der Waals surface area contributed by atoms with Crippen LogP contribution in [0.1, 0.15) is 63.1 Å². The van der Waals surface area contributed by atoms with Crippen molar-refractivity contribution in [3.05, 3.63) is 11.7 Å². The van der Waals surface area contributed by atoms with Gasteiger partial charge in [-0.3, -0.25) is 0 Å². The van der Waals surface area contributed by atoms with Crippen LogP contribution in [0.25, 0.3) is 0 Å². The summed E-state index contributed by atoms with van der Waals surface area (Å²) in [5.74, 6) is 2.35. The lowest BCUT2D eigenvalue weighted by Gasteiger charge is -2.32. The minimum atomic E-state index is -0.297. The van der Waals surface area contributed by atoms with Gasteiger partial charge in [-0.1, -0.05) is 24.4 Å². The van der Waals surface area contributed by atoms with E-state index >= 15 is 0 Å². The Morgan fingerprint density at radius 3 is 2.71 bits per heavy atom. The zero-order valence-electron chi connectivity index (χ0n) is 13.1. The molecule has 0 aromatic carbocycles. The quantitative estimate of drug-likeness (QED) is 0.904. The molecule has 0 atom stereocenters. The first-order valence-electron chi connectivity index (χ1n) is 8.41. The van der Waals surface area contributed by atoms with Crippen LogP contribution in [0.4, 0.5) is 0 Å². The normalized spacial score (nSPS) is 23.3. The Kier molecular flexibility index (Phi) is 4.91. The van der Waals surface area contributed by atoms with E-state index in [-0.39, 0.29) is 5.60 Å². The largest absolute Gasteiger partial charge is 0.370 e. The minimum absolute atomic E-state index is 0.297. The lowest BCUT2D eigenvalue weighted by Crippen LogP contribution is -2.32. The van der Waals surface area contributed by atoms with Crippen LogP contribution in [0.2, 0.25) is 0 Å². The third kappa shape index (κ3) is 3.46. The molecular formula is C16H27N3O2. The average molecular weight is 293 g/mol. The number of hydrogen-bond donors (Lipinski definition) is 1. The molecule has 1 aromatic heterocycles. The topological polar surface area (TPSA) is 60.2 Å². The minimum Gasteiger partial charge on any atom is -0.370 e. The van der Waals surface area contributed by atoms with Gasteiger partial charge in [-0.15, -0.1) is 0 Å². The lowest BCUT2D eigenvalue weighted by molar-refractivity contribution is -0.0527. The highest BCUT2D eigenvalue weighted by Crippen LogP contribution is 2.38. The zero-order chi connectivity index (χ0) is 14.5. The van der Waals surface area contributed by atoms with E-state index in [1.807, 2.05) is 0 Å². The fourth-order valence-electron chi connectivity index (χ4n) is 3.68. The number of aryl methyl sites for hydroxylation is 1. The third-order valence-corrected chi connectivity index (χ3v) is 5.15. The van der Waals surface area contributed by atoms with Crippen LogP contribution in [0, 0.1) is 5.92 Å². The van der Waals surface area contributed by atoms with E-state index in [0.29, 0.717) is 0 Å². The number of methoxy groups -OCH3 is 1. The summed E-state index contributed by atoms with van der Waals surface area (Å²) in [5.41, 5.74) is -0.297. The number of piperidine rings is 1. The van der Waals surface area contributed by atoms with Crippen LogP contribution < -0.4 is 5.32 Å². The summed E-state index contributed by atoms with van der Waals surface area (Å²) in [4.78, 5) is 4.64. The molecule has 21 heavy (non-hydrogen) atoms. The van der Waals surface area contributed by atoms with Crippen molar-refractivity contribution in [3.8, 4) is 0 Å². The van der Waals surface area contributed by atoms with Gasteiger partial charge in [-0.25, -0.2) is 0 Å². The van der Waals surface area contributed by atoms with Gasteiger partial charge in [-0.05, 0) is 51.1 Å². The summed E-state index contributed by atoms with van der Waals surface area (Å²) >= 11 is 0. The van der Waals surface area contributed by atoms with Gasteiger partial charge < -0.3 is 14.6 Å². The molecule has 2 fully saturated rings. The maximum absolute atomic E-state index is 5.78. The fraction of sp³-hybridized carbons (Fsp3) is 0.875. The first-order valence-corrected chi connectivity index (χ1v) is 8.41. The van der Waals surface area contributed by atoms with Crippen LogP contribution in [0.15, 0.2) is 4.52 Å². The molecule has 0 unspecified atom stereocenters. The predicted molar refractivity (Wildman–Crippen MR) is 80.0 cm³/mol. The molecule has 1 saturated carbocycles.